The van der Waals surface area contributed by atoms with Crippen molar-refractivity contribution < 1.29 is 4.42 Å². The van der Waals surface area contributed by atoms with Crippen LogP contribution in [0.1, 0.15) is 16.7 Å². The lowest BCUT2D eigenvalue weighted by Gasteiger charge is -2.07. The first-order chi connectivity index (χ1) is 9.45. The van der Waals surface area contributed by atoms with Gasteiger partial charge in [-0.05, 0) is 44.0 Å². The van der Waals surface area contributed by atoms with Crippen LogP contribution in [0.2, 0.25) is 0 Å². The molecule has 0 saturated heterocycles. The Morgan fingerprint density at radius 2 is 1.70 bits per heavy atom. The Balaban J connectivity index is 2.28. The molecule has 0 saturated carbocycles. The van der Waals surface area contributed by atoms with Crippen LogP contribution < -0.4 is 5.73 Å². The van der Waals surface area contributed by atoms with Crippen LogP contribution in [0.5, 0.6) is 0 Å². The number of rotatable bonds is 1. The van der Waals surface area contributed by atoms with E-state index in [-0.39, 0.29) is 0 Å². The lowest BCUT2D eigenvalue weighted by atomic mass is 10.00. The molecule has 20 heavy (non-hydrogen) atoms. The number of oxazole rings is 1. The molecule has 0 aliphatic rings. The van der Waals surface area contributed by atoms with Crippen LogP contribution in [-0.4, -0.2) is 4.98 Å². The Morgan fingerprint density at radius 1 is 1.05 bits per heavy atom. The zero-order valence-electron chi connectivity index (χ0n) is 11.6. The normalized spacial score (nSPS) is 11.2. The number of aryl methyl sites for hydroxylation is 3. The average molecular weight is 331 g/mol. The summed E-state index contributed by atoms with van der Waals surface area (Å²) < 4.78 is 6.79. The van der Waals surface area contributed by atoms with Crippen molar-refractivity contribution in [2.24, 2.45) is 0 Å². The smallest absolute Gasteiger partial charge is 0.227 e. The van der Waals surface area contributed by atoms with Gasteiger partial charge in [0, 0.05) is 10.0 Å². The van der Waals surface area contributed by atoms with E-state index in [0.29, 0.717) is 17.2 Å². The summed E-state index contributed by atoms with van der Waals surface area (Å²) >= 11 is 3.43. The van der Waals surface area contributed by atoms with Gasteiger partial charge in [0.05, 0.1) is 5.69 Å². The maximum atomic E-state index is 5.98. The minimum Gasteiger partial charge on any atom is -0.434 e. The van der Waals surface area contributed by atoms with Crippen molar-refractivity contribution in [2.75, 3.05) is 5.73 Å². The molecule has 0 aliphatic heterocycles. The summed E-state index contributed by atoms with van der Waals surface area (Å²) in [5.74, 6) is 0.625. The molecule has 0 fully saturated rings. The van der Waals surface area contributed by atoms with Crippen LogP contribution in [-0.2, 0) is 0 Å². The molecule has 2 aromatic carbocycles. The van der Waals surface area contributed by atoms with Crippen LogP contribution in [0.15, 0.2) is 33.2 Å². The van der Waals surface area contributed by atoms with E-state index >= 15 is 0 Å². The number of aromatic nitrogens is 1. The Morgan fingerprint density at radius 3 is 2.35 bits per heavy atom. The number of hydrogen-bond acceptors (Lipinski definition) is 3. The van der Waals surface area contributed by atoms with E-state index in [1.807, 2.05) is 12.1 Å². The molecule has 3 aromatic rings. The second-order valence-electron chi connectivity index (χ2n) is 5.14. The van der Waals surface area contributed by atoms with Crippen molar-refractivity contribution in [3.8, 4) is 11.5 Å². The first-order valence-electron chi connectivity index (χ1n) is 6.39. The molecule has 0 aliphatic carbocycles. The third-order valence-corrected chi connectivity index (χ3v) is 3.83. The monoisotopic (exact) mass is 330 g/mol. The van der Waals surface area contributed by atoms with Crippen LogP contribution in [0, 0.1) is 20.8 Å². The highest BCUT2D eigenvalue weighted by Crippen LogP contribution is 2.33. The molecule has 1 heterocycles. The molecule has 102 valence electrons. The highest BCUT2D eigenvalue weighted by molar-refractivity contribution is 9.10. The summed E-state index contributed by atoms with van der Waals surface area (Å²) in [5, 5.41) is 0. The molecule has 3 nitrogen and oxygen atoms in total. The quantitative estimate of drug-likeness (QED) is 0.654. The van der Waals surface area contributed by atoms with Gasteiger partial charge in [-0.2, -0.15) is 0 Å². The minimum absolute atomic E-state index is 0.593. The van der Waals surface area contributed by atoms with Gasteiger partial charge in [-0.1, -0.05) is 33.6 Å². The largest absolute Gasteiger partial charge is 0.434 e. The number of nitrogens with zero attached hydrogens (tertiary/aromatic N) is 1. The molecule has 0 radical (unpaired) electrons. The third kappa shape index (κ3) is 2.10. The fourth-order valence-corrected chi connectivity index (χ4v) is 3.11. The van der Waals surface area contributed by atoms with Gasteiger partial charge in [0.1, 0.15) is 5.52 Å². The van der Waals surface area contributed by atoms with E-state index in [1.165, 1.54) is 5.56 Å². The Labute approximate surface area is 125 Å². The van der Waals surface area contributed by atoms with Crippen molar-refractivity contribution in [3.63, 3.8) is 0 Å². The van der Waals surface area contributed by atoms with Gasteiger partial charge < -0.3 is 10.2 Å². The second-order valence-corrected chi connectivity index (χ2v) is 6.05. The summed E-state index contributed by atoms with van der Waals surface area (Å²) in [6, 6.07) is 8.01. The molecule has 0 unspecified atom stereocenters. The number of hydrogen-bond donors (Lipinski definition) is 1. The Kier molecular flexibility index (Phi) is 3.05. The summed E-state index contributed by atoms with van der Waals surface area (Å²) in [6.45, 7) is 6.23. The minimum atomic E-state index is 0.593. The maximum absolute atomic E-state index is 5.98. The molecule has 3 rings (SSSR count). The van der Waals surface area contributed by atoms with Crippen molar-refractivity contribution in [3.05, 3.63) is 45.4 Å². The predicted octanol–water partition coefficient (Wildman–Crippen LogP) is 4.76. The summed E-state index contributed by atoms with van der Waals surface area (Å²) in [5.41, 5.74) is 12.6. The summed E-state index contributed by atoms with van der Waals surface area (Å²) in [6.07, 6.45) is 0. The molecule has 0 spiro atoms. The van der Waals surface area contributed by atoms with Crippen molar-refractivity contribution in [2.45, 2.75) is 20.8 Å². The molecule has 2 N–H and O–H groups in total. The molecule has 0 bridgehead atoms. The van der Waals surface area contributed by atoms with Crippen LogP contribution in [0.3, 0.4) is 0 Å². The lowest BCUT2D eigenvalue weighted by Crippen LogP contribution is -1.89. The molecular weight excluding hydrogens is 316 g/mol. The van der Waals surface area contributed by atoms with Crippen molar-refractivity contribution in [1.29, 1.82) is 0 Å². The highest BCUT2D eigenvalue weighted by Gasteiger charge is 2.15. The van der Waals surface area contributed by atoms with Gasteiger partial charge in [-0.3, -0.25) is 0 Å². The van der Waals surface area contributed by atoms with Gasteiger partial charge in [0.15, 0.2) is 5.58 Å². The van der Waals surface area contributed by atoms with Crippen molar-refractivity contribution >= 4 is 32.7 Å². The van der Waals surface area contributed by atoms with Gasteiger partial charge in [-0.25, -0.2) is 4.98 Å². The summed E-state index contributed by atoms with van der Waals surface area (Å²) in [4.78, 5) is 4.58. The fourth-order valence-electron chi connectivity index (χ4n) is 2.65. The topological polar surface area (TPSA) is 52.0 Å². The SMILES string of the molecule is Cc1cc(C)c(-c2nc3cc(Br)cc(N)c3o2)c(C)c1. The molecular formula is C16H15BrN2O. The molecule has 0 amide bonds. The molecule has 1 aromatic heterocycles. The Hall–Kier alpha value is -1.81. The number of benzene rings is 2. The third-order valence-electron chi connectivity index (χ3n) is 3.37. The van der Waals surface area contributed by atoms with E-state index in [9.17, 15) is 0 Å². The van der Waals surface area contributed by atoms with Gasteiger partial charge in [-0.15, -0.1) is 0 Å². The van der Waals surface area contributed by atoms with E-state index < -0.39 is 0 Å². The number of halogens is 1. The number of nitrogen functional groups attached to an aromatic ring is 1. The standard InChI is InChI=1S/C16H15BrN2O/c1-8-4-9(2)14(10(3)5-8)16-19-13-7-11(17)6-12(18)15(13)20-16/h4-7H,18H2,1-3H3. The van der Waals surface area contributed by atoms with Gasteiger partial charge in [0.2, 0.25) is 5.89 Å². The van der Waals surface area contributed by atoms with Crippen molar-refractivity contribution in [1.82, 2.24) is 4.98 Å². The van der Waals surface area contributed by atoms with Crippen LogP contribution in [0.25, 0.3) is 22.6 Å². The number of anilines is 1. The first kappa shape index (κ1) is 13.2. The van der Waals surface area contributed by atoms with Gasteiger partial charge in [0.25, 0.3) is 0 Å². The summed E-state index contributed by atoms with van der Waals surface area (Å²) in [7, 11) is 0. The lowest BCUT2D eigenvalue weighted by molar-refractivity contribution is 0.620. The van der Waals surface area contributed by atoms with Gasteiger partial charge >= 0.3 is 0 Å². The van der Waals surface area contributed by atoms with E-state index in [1.54, 1.807) is 0 Å². The van der Waals surface area contributed by atoms with E-state index in [2.05, 4.69) is 53.8 Å². The van der Waals surface area contributed by atoms with E-state index in [0.717, 1.165) is 26.7 Å². The number of nitrogens with two attached hydrogens (primary N) is 1. The average Bonchev–Trinajstić information content (AvgIpc) is 2.71. The van der Waals surface area contributed by atoms with E-state index in [4.69, 9.17) is 10.2 Å². The highest BCUT2D eigenvalue weighted by atomic mass is 79.9. The zero-order chi connectivity index (χ0) is 14.4. The first-order valence-corrected chi connectivity index (χ1v) is 7.19. The number of fused-ring (bicyclic) bond motifs is 1. The zero-order valence-corrected chi connectivity index (χ0v) is 13.2. The second kappa shape index (κ2) is 4.63. The molecule has 0 atom stereocenters. The fraction of sp³-hybridized carbons (Fsp3) is 0.188. The maximum Gasteiger partial charge on any atom is 0.227 e. The Bertz CT molecular complexity index is 798. The van der Waals surface area contributed by atoms with Crippen LogP contribution >= 0.6 is 15.9 Å². The molecule has 4 heteroatoms. The van der Waals surface area contributed by atoms with Crippen LogP contribution in [0.4, 0.5) is 5.69 Å². The predicted molar refractivity (Wildman–Crippen MR) is 85.8 cm³/mol.